The molecule has 130 valence electrons. The van der Waals surface area contributed by atoms with Gasteiger partial charge in [0.1, 0.15) is 0 Å². The Hall–Kier alpha value is -2.45. The van der Waals surface area contributed by atoms with Crippen molar-refractivity contribution in [2.75, 3.05) is 31.1 Å². The quantitative estimate of drug-likeness (QED) is 0.913. The normalized spacial score (nSPS) is 14.7. The maximum absolute atomic E-state index is 12.8. The van der Waals surface area contributed by atoms with E-state index in [0.717, 1.165) is 30.0 Å². The molecule has 1 saturated heterocycles. The van der Waals surface area contributed by atoms with Crippen molar-refractivity contribution in [2.24, 2.45) is 0 Å². The SMILES string of the molecule is CC(C)c1[nH]ccc1C(=O)N1CCN(c2ccc(C#N)cc2Cl)CC1. The minimum Gasteiger partial charge on any atom is -0.367 e. The Morgan fingerprint density at radius 2 is 1.96 bits per heavy atom. The molecule has 1 amide bonds. The van der Waals surface area contributed by atoms with E-state index >= 15 is 0 Å². The molecule has 0 spiro atoms. The molecular formula is C19H21ClN4O. The number of aromatic nitrogens is 1. The molecule has 3 rings (SSSR count). The minimum atomic E-state index is 0.0792. The fourth-order valence-corrected chi connectivity index (χ4v) is 3.50. The number of piperazine rings is 1. The van der Waals surface area contributed by atoms with Crippen LogP contribution in [0.15, 0.2) is 30.5 Å². The topological polar surface area (TPSA) is 63.1 Å². The van der Waals surface area contributed by atoms with Crippen LogP contribution >= 0.6 is 11.6 Å². The fraction of sp³-hybridized carbons (Fsp3) is 0.368. The maximum atomic E-state index is 12.8. The van der Waals surface area contributed by atoms with Crippen molar-refractivity contribution >= 4 is 23.2 Å². The van der Waals surface area contributed by atoms with Gasteiger partial charge in [0.05, 0.1) is 27.9 Å². The molecule has 2 heterocycles. The zero-order valence-electron chi connectivity index (χ0n) is 14.4. The molecule has 0 atom stereocenters. The number of rotatable bonds is 3. The Labute approximate surface area is 152 Å². The predicted molar refractivity (Wildman–Crippen MR) is 99.2 cm³/mol. The summed E-state index contributed by atoms with van der Waals surface area (Å²) in [5, 5.41) is 9.52. The van der Waals surface area contributed by atoms with Crippen molar-refractivity contribution in [3.63, 3.8) is 0 Å². The molecule has 1 aliphatic rings. The molecule has 0 saturated carbocycles. The number of benzene rings is 1. The molecule has 0 bridgehead atoms. The largest absolute Gasteiger partial charge is 0.367 e. The van der Waals surface area contributed by atoms with Crippen molar-refractivity contribution in [3.8, 4) is 6.07 Å². The smallest absolute Gasteiger partial charge is 0.255 e. The van der Waals surface area contributed by atoms with Gasteiger partial charge < -0.3 is 14.8 Å². The Balaban J connectivity index is 1.69. The zero-order valence-corrected chi connectivity index (χ0v) is 15.2. The lowest BCUT2D eigenvalue weighted by Gasteiger charge is -2.36. The summed E-state index contributed by atoms with van der Waals surface area (Å²) in [6.07, 6.45) is 1.83. The minimum absolute atomic E-state index is 0.0792. The molecule has 1 aliphatic heterocycles. The molecule has 1 aromatic carbocycles. The third-order valence-electron chi connectivity index (χ3n) is 4.57. The molecule has 25 heavy (non-hydrogen) atoms. The van der Waals surface area contributed by atoms with Gasteiger partial charge in [-0.05, 0) is 30.2 Å². The number of halogens is 1. The number of nitriles is 1. The second-order valence-electron chi connectivity index (χ2n) is 6.52. The third kappa shape index (κ3) is 3.49. The first-order valence-electron chi connectivity index (χ1n) is 8.42. The van der Waals surface area contributed by atoms with Gasteiger partial charge in [-0.15, -0.1) is 0 Å². The Morgan fingerprint density at radius 3 is 2.56 bits per heavy atom. The summed E-state index contributed by atoms with van der Waals surface area (Å²) in [4.78, 5) is 20.0. The summed E-state index contributed by atoms with van der Waals surface area (Å²) < 4.78 is 0. The number of hydrogen-bond acceptors (Lipinski definition) is 3. The standard InChI is InChI=1S/C19H21ClN4O/c1-13(2)18-15(5-6-22-18)19(25)24-9-7-23(8-10-24)17-4-3-14(12-21)11-16(17)20/h3-6,11,13,22H,7-10H2,1-2H3. The van der Waals surface area contributed by atoms with Gasteiger partial charge in [0.25, 0.3) is 5.91 Å². The van der Waals surface area contributed by atoms with Crippen molar-refractivity contribution in [1.29, 1.82) is 5.26 Å². The first-order chi connectivity index (χ1) is 12.0. The second kappa shape index (κ2) is 7.20. The zero-order chi connectivity index (χ0) is 18.0. The molecule has 1 fully saturated rings. The summed E-state index contributed by atoms with van der Waals surface area (Å²) in [5.74, 6) is 0.364. The summed E-state index contributed by atoms with van der Waals surface area (Å²) in [6.45, 7) is 6.90. The highest BCUT2D eigenvalue weighted by molar-refractivity contribution is 6.33. The fourth-order valence-electron chi connectivity index (χ4n) is 3.20. The lowest BCUT2D eigenvalue weighted by atomic mass is 10.1. The van der Waals surface area contributed by atoms with Crippen LogP contribution < -0.4 is 4.90 Å². The van der Waals surface area contributed by atoms with Gasteiger partial charge in [-0.3, -0.25) is 4.79 Å². The van der Waals surface area contributed by atoms with Crippen LogP contribution in [0, 0.1) is 11.3 Å². The number of nitrogens with one attached hydrogen (secondary N) is 1. The Kier molecular flexibility index (Phi) is 5.00. The number of hydrogen-bond donors (Lipinski definition) is 1. The number of aromatic amines is 1. The van der Waals surface area contributed by atoms with Crippen molar-refractivity contribution in [3.05, 3.63) is 52.3 Å². The Bertz CT molecular complexity index is 813. The number of carbonyl (C=O) groups excluding carboxylic acids is 1. The highest BCUT2D eigenvalue weighted by Crippen LogP contribution is 2.28. The number of H-pyrrole nitrogens is 1. The van der Waals surface area contributed by atoms with E-state index in [0.29, 0.717) is 23.7 Å². The van der Waals surface area contributed by atoms with Gasteiger partial charge in [0.15, 0.2) is 0 Å². The van der Waals surface area contributed by atoms with Crippen LogP contribution in [0.4, 0.5) is 5.69 Å². The summed E-state index contributed by atoms with van der Waals surface area (Å²) in [6, 6.07) is 9.29. The van der Waals surface area contributed by atoms with Crippen LogP contribution in [-0.2, 0) is 0 Å². The first-order valence-corrected chi connectivity index (χ1v) is 8.80. The van der Waals surface area contributed by atoms with Crippen LogP contribution in [0.3, 0.4) is 0 Å². The van der Waals surface area contributed by atoms with Crippen LogP contribution in [0.2, 0.25) is 5.02 Å². The van der Waals surface area contributed by atoms with Gasteiger partial charge in [0, 0.05) is 38.1 Å². The summed E-state index contributed by atoms with van der Waals surface area (Å²) in [7, 11) is 0. The molecule has 0 unspecified atom stereocenters. The van der Waals surface area contributed by atoms with E-state index in [4.69, 9.17) is 16.9 Å². The number of carbonyl (C=O) groups is 1. The molecule has 1 aromatic heterocycles. The molecule has 0 radical (unpaired) electrons. The van der Waals surface area contributed by atoms with Crippen LogP contribution in [0.1, 0.15) is 41.4 Å². The second-order valence-corrected chi connectivity index (χ2v) is 6.92. The van der Waals surface area contributed by atoms with E-state index in [-0.39, 0.29) is 11.8 Å². The molecule has 1 N–H and O–H groups in total. The van der Waals surface area contributed by atoms with Crippen molar-refractivity contribution < 1.29 is 4.79 Å². The first kappa shape index (κ1) is 17.4. The van der Waals surface area contributed by atoms with Gasteiger partial charge in [0.2, 0.25) is 0 Å². The van der Waals surface area contributed by atoms with Gasteiger partial charge >= 0.3 is 0 Å². The molecule has 0 aliphatic carbocycles. The molecule has 6 heteroatoms. The van der Waals surface area contributed by atoms with Gasteiger partial charge in [-0.2, -0.15) is 5.26 Å². The van der Waals surface area contributed by atoms with Crippen LogP contribution in [0.5, 0.6) is 0 Å². The van der Waals surface area contributed by atoms with Gasteiger partial charge in [-0.25, -0.2) is 0 Å². The molecule has 2 aromatic rings. The van der Waals surface area contributed by atoms with E-state index < -0.39 is 0 Å². The van der Waals surface area contributed by atoms with E-state index in [1.807, 2.05) is 23.2 Å². The average molecular weight is 357 g/mol. The van der Waals surface area contributed by atoms with E-state index in [2.05, 4.69) is 29.8 Å². The third-order valence-corrected chi connectivity index (χ3v) is 4.87. The lowest BCUT2D eigenvalue weighted by molar-refractivity contribution is 0.0745. The molecular weight excluding hydrogens is 336 g/mol. The average Bonchev–Trinajstić information content (AvgIpc) is 3.11. The van der Waals surface area contributed by atoms with Crippen molar-refractivity contribution in [2.45, 2.75) is 19.8 Å². The summed E-state index contributed by atoms with van der Waals surface area (Å²) >= 11 is 6.30. The maximum Gasteiger partial charge on any atom is 0.255 e. The predicted octanol–water partition coefficient (Wildman–Crippen LogP) is 3.63. The number of anilines is 1. The van der Waals surface area contributed by atoms with Gasteiger partial charge in [-0.1, -0.05) is 25.4 Å². The van der Waals surface area contributed by atoms with E-state index in [9.17, 15) is 4.79 Å². The lowest BCUT2D eigenvalue weighted by Crippen LogP contribution is -2.49. The monoisotopic (exact) mass is 356 g/mol. The number of nitrogens with zero attached hydrogens (tertiary/aromatic N) is 3. The Morgan fingerprint density at radius 1 is 1.24 bits per heavy atom. The van der Waals surface area contributed by atoms with E-state index in [1.165, 1.54) is 0 Å². The van der Waals surface area contributed by atoms with Crippen LogP contribution in [0.25, 0.3) is 0 Å². The van der Waals surface area contributed by atoms with Crippen molar-refractivity contribution in [1.82, 2.24) is 9.88 Å². The molecule has 5 nitrogen and oxygen atoms in total. The van der Waals surface area contributed by atoms with E-state index in [1.54, 1.807) is 12.1 Å². The number of amides is 1. The highest BCUT2D eigenvalue weighted by Gasteiger charge is 2.25. The highest BCUT2D eigenvalue weighted by atomic mass is 35.5. The summed E-state index contributed by atoms with van der Waals surface area (Å²) in [5.41, 5.74) is 3.22. The van der Waals surface area contributed by atoms with Crippen LogP contribution in [-0.4, -0.2) is 42.0 Å².